The van der Waals surface area contributed by atoms with Crippen LogP contribution in [-0.2, 0) is 16.0 Å². The third-order valence-corrected chi connectivity index (χ3v) is 4.47. The first-order valence-corrected chi connectivity index (χ1v) is 8.29. The molecule has 1 aliphatic rings. The molecule has 2 rings (SSSR count). The van der Waals surface area contributed by atoms with Crippen LogP contribution < -0.4 is 0 Å². The van der Waals surface area contributed by atoms with Gasteiger partial charge in [-0.1, -0.05) is 30.3 Å². The molecule has 1 fully saturated rings. The molecular weight excluding hydrogens is 292 g/mol. The molecule has 0 unspecified atom stereocenters. The summed E-state index contributed by atoms with van der Waals surface area (Å²) < 4.78 is 0. The summed E-state index contributed by atoms with van der Waals surface area (Å²) in [4.78, 5) is 27.8. The fraction of sp³-hybridized carbons (Fsp3) is 0.556. The van der Waals surface area contributed by atoms with Crippen LogP contribution in [0, 0.1) is 5.92 Å². The molecule has 1 atom stereocenters. The predicted octanol–water partition coefficient (Wildman–Crippen LogP) is 1.87. The summed E-state index contributed by atoms with van der Waals surface area (Å²) in [5.41, 5.74) is 0.951. The number of likely N-dealkylation sites (tertiary alicyclic amines) is 1. The smallest absolute Gasteiger partial charge is 0.307 e. The Morgan fingerprint density at radius 3 is 2.48 bits per heavy atom. The van der Waals surface area contributed by atoms with Crippen LogP contribution in [0.5, 0.6) is 0 Å². The number of carbonyl (C=O) groups is 2. The molecule has 23 heavy (non-hydrogen) atoms. The number of carboxylic acids is 1. The van der Waals surface area contributed by atoms with Gasteiger partial charge in [-0.2, -0.15) is 0 Å². The Morgan fingerprint density at radius 2 is 1.87 bits per heavy atom. The van der Waals surface area contributed by atoms with Crippen molar-refractivity contribution in [1.29, 1.82) is 0 Å². The van der Waals surface area contributed by atoms with Crippen molar-refractivity contribution in [1.82, 2.24) is 9.80 Å². The number of carboxylic acid groups (broad SMARTS) is 1. The second kappa shape index (κ2) is 8.67. The maximum absolute atomic E-state index is 12.3. The summed E-state index contributed by atoms with van der Waals surface area (Å²) in [6, 6.07) is 9.47. The number of rotatable bonds is 8. The maximum Gasteiger partial charge on any atom is 0.307 e. The van der Waals surface area contributed by atoms with Gasteiger partial charge in [-0.05, 0) is 37.9 Å². The van der Waals surface area contributed by atoms with E-state index in [9.17, 15) is 14.7 Å². The topological polar surface area (TPSA) is 60.9 Å². The third-order valence-electron chi connectivity index (χ3n) is 4.47. The second-order valence-electron chi connectivity index (χ2n) is 6.29. The highest BCUT2D eigenvalue weighted by Crippen LogP contribution is 2.14. The molecule has 0 spiro atoms. The number of aliphatic carboxylic acids is 1. The molecule has 1 amide bonds. The fourth-order valence-corrected chi connectivity index (χ4v) is 2.93. The number of benzene rings is 1. The molecule has 1 saturated heterocycles. The van der Waals surface area contributed by atoms with Gasteiger partial charge >= 0.3 is 5.97 Å². The molecule has 1 heterocycles. The lowest BCUT2D eigenvalue weighted by Gasteiger charge is -2.23. The van der Waals surface area contributed by atoms with Crippen molar-refractivity contribution in [3.8, 4) is 0 Å². The van der Waals surface area contributed by atoms with Crippen LogP contribution >= 0.6 is 0 Å². The van der Waals surface area contributed by atoms with E-state index in [1.165, 1.54) is 12.8 Å². The highest BCUT2D eigenvalue weighted by Gasteiger charge is 2.24. The minimum absolute atomic E-state index is 0.0563. The largest absolute Gasteiger partial charge is 0.481 e. The lowest BCUT2D eigenvalue weighted by atomic mass is 9.96. The van der Waals surface area contributed by atoms with E-state index in [4.69, 9.17) is 0 Å². The van der Waals surface area contributed by atoms with Gasteiger partial charge in [-0.3, -0.25) is 9.59 Å². The molecule has 0 bridgehead atoms. The van der Waals surface area contributed by atoms with E-state index in [-0.39, 0.29) is 12.3 Å². The Balaban J connectivity index is 1.83. The van der Waals surface area contributed by atoms with Crippen LogP contribution in [0.25, 0.3) is 0 Å². The molecule has 0 saturated carbocycles. The van der Waals surface area contributed by atoms with Crippen molar-refractivity contribution in [2.45, 2.75) is 25.7 Å². The Hall–Kier alpha value is -1.88. The highest BCUT2D eigenvalue weighted by molar-refractivity contribution is 5.82. The van der Waals surface area contributed by atoms with E-state index in [1.807, 2.05) is 30.3 Å². The van der Waals surface area contributed by atoms with E-state index in [0.717, 1.165) is 25.2 Å². The van der Waals surface area contributed by atoms with Crippen molar-refractivity contribution in [3.63, 3.8) is 0 Å². The molecule has 0 radical (unpaired) electrons. The van der Waals surface area contributed by atoms with E-state index in [2.05, 4.69) is 4.90 Å². The first-order chi connectivity index (χ1) is 11.1. The van der Waals surface area contributed by atoms with E-state index in [1.54, 1.807) is 11.9 Å². The van der Waals surface area contributed by atoms with Gasteiger partial charge in [0, 0.05) is 26.6 Å². The van der Waals surface area contributed by atoms with Gasteiger partial charge in [0.1, 0.15) is 0 Å². The SMILES string of the molecule is CN(CCN1CCCC1)C(=O)C[C@@H](Cc1ccccc1)C(=O)O. The van der Waals surface area contributed by atoms with Crippen molar-refractivity contribution in [3.05, 3.63) is 35.9 Å². The first-order valence-electron chi connectivity index (χ1n) is 8.29. The van der Waals surface area contributed by atoms with Crippen LogP contribution in [0.3, 0.4) is 0 Å². The molecule has 0 aromatic heterocycles. The van der Waals surface area contributed by atoms with Crippen molar-refractivity contribution in [2.24, 2.45) is 5.92 Å². The Bertz CT molecular complexity index is 512. The Morgan fingerprint density at radius 1 is 1.22 bits per heavy atom. The quantitative estimate of drug-likeness (QED) is 0.795. The number of hydrogen-bond acceptors (Lipinski definition) is 3. The first kappa shape index (κ1) is 17.5. The number of nitrogens with zero attached hydrogens (tertiary/aromatic N) is 2. The molecule has 1 aromatic rings. The van der Waals surface area contributed by atoms with Gasteiger partial charge in [0.05, 0.1) is 5.92 Å². The lowest BCUT2D eigenvalue weighted by molar-refractivity contribution is -0.145. The molecule has 1 N–H and O–H groups in total. The molecule has 1 aliphatic heterocycles. The van der Waals surface area contributed by atoms with E-state index < -0.39 is 11.9 Å². The average Bonchev–Trinajstić information content (AvgIpc) is 3.06. The lowest BCUT2D eigenvalue weighted by Crippen LogP contribution is -2.37. The molecular formula is C18H26N2O3. The monoisotopic (exact) mass is 318 g/mol. The average molecular weight is 318 g/mol. The van der Waals surface area contributed by atoms with Gasteiger partial charge in [0.15, 0.2) is 0 Å². The minimum Gasteiger partial charge on any atom is -0.481 e. The summed E-state index contributed by atoms with van der Waals surface area (Å²) >= 11 is 0. The van der Waals surface area contributed by atoms with Crippen molar-refractivity contribution >= 4 is 11.9 Å². The summed E-state index contributed by atoms with van der Waals surface area (Å²) in [7, 11) is 1.76. The summed E-state index contributed by atoms with van der Waals surface area (Å²) in [6.07, 6.45) is 2.91. The fourth-order valence-electron chi connectivity index (χ4n) is 2.93. The molecule has 0 aliphatic carbocycles. The van der Waals surface area contributed by atoms with Gasteiger partial charge in [-0.15, -0.1) is 0 Å². The zero-order valence-corrected chi connectivity index (χ0v) is 13.8. The molecule has 5 heteroatoms. The number of amides is 1. The normalized spacial score (nSPS) is 16.2. The Labute approximate surface area is 137 Å². The summed E-state index contributed by atoms with van der Waals surface area (Å²) in [5.74, 6) is -1.66. The zero-order valence-electron chi connectivity index (χ0n) is 13.8. The third kappa shape index (κ3) is 5.67. The van der Waals surface area contributed by atoms with Crippen molar-refractivity contribution < 1.29 is 14.7 Å². The van der Waals surface area contributed by atoms with Gasteiger partial charge in [0.2, 0.25) is 5.91 Å². The number of carbonyl (C=O) groups excluding carboxylic acids is 1. The number of hydrogen-bond donors (Lipinski definition) is 1. The maximum atomic E-state index is 12.3. The number of likely N-dealkylation sites (N-methyl/N-ethyl adjacent to an activating group) is 1. The summed E-state index contributed by atoms with van der Waals surface area (Å²) in [6.45, 7) is 3.75. The van der Waals surface area contributed by atoms with E-state index >= 15 is 0 Å². The minimum atomic E-state index is -0.907. The van der Waals surface area contributed by atoms with Crippen LogP contribution in [-0.4, -0.2) is 60.0 Å². The van der Waals surface area contributed by atoms with Crippen LogP contribution in [0.4, 0.5) is 0 Å². The predicted molar refractivity (Wildman–Crippen MR) is 89.2 cm³/mol. The van der Waals surface area contributed by atoms with Gasteiger partial charge in [0.25, 0.3) is 0 Å². The zero-order chi connectivity index (χ0) is 16.7. The molecule has 5 nitrogen and oxygen atoms in total. The van der Waals surface area contributed by atoms with Crippen molar-refractivity contribution in [2.75, 3.05) is 33.2 Å². The standard InChI is InChI=1S/C18H26N2O3/c1-19(11-12-20-9-5-6-10-20)17(21)14-16(18(22)23)13-15-7-3-2-4-8-15/h2-4,7-8,16H,5-6,9-14H2,1H3,(H,22,23)/t16-/m1/s1. The van der Waals surface area contributed by atoms with Crippen LogP contribution in [0.15, 0.2) is 30.3 Å². The molecule has 1 aromatic carbocycles. The van der Waals surface area contributed by atoms with Crippen LogP contribution in [0.2, 0.25) is 0 Å². The Kier molecular flexibility index (Phi) is 6.59. The van der Waals surface area contributed by atoms with Crippen LogP contribution in [0.1, 0.15) is 24.8 Å². The van der Waals surface area contributed by atoms with E-state index in [0.29, 0.717) is 13.0 Å². The molecule has 126 valence electrons. The van der Waals surface area contributed by atoms with Gasteiger partial charge in [-0.25, -0.2) is 0 Å². The highest BCUT2D eigenvalue weighted by atomic mass is 16.4. The second-order valence-corrected chi connectivity index (χ2v) is 6.29. The summed E-state index contributed by atoms with van der Waals surface area (Å²) in [5, 5.41) is 9.39. The van der Waals surface area contributed by atoms with Gasteiger partial charge < -0.3 is 14.9 Å².